The van der Waals surface area contributed by atoms with Crippen LogP contribution in [0.25, 0.3) is 0 Å². The van der Waals surface area contributed by atoms with E-state index in [4.69, 9.17) is 21.1 Å². The van der Waals surface area contributed by atoms with Crippen molar-refractivity contribution in [2.24, 2.45) is 0 Å². The number of ether oxygens (including phenoxy) is 2. The van der Waals surface area contributed by atoms with E-state index in [0.29, 0.717) is 26.2 Å². The summed E-state index contributed by atoms with van der Waals surface area (Å²) in [6.45, 7) is 3.46. The summed E-state index contributed by atoms with van der Waals surface area (Å²) < 4.78 is 36.7. The molecule has 2 aliphatic heterocycles. The minimum Gasteiger partial charge on any atom is -0.454 e. The largest absolute Gasteiger partial charge is 0.454 e. The van der Waals surface area contributed by atoms with Crippen LogP contribution in [0.4, 0.5) is 0 Å². The molecule has 11 heteroatoms. The molecule has 2 heterocycles. The van der Waals surface area contributed by atoms with Gasteiger partial charge < -0.3 is 14.4 Å². The van der Waals surface area contributed by atoms with Crippen LogP contribution in [-0.2, 0) is 16.6 Å². The fourth-order valence-electron chi connectivity index (χ4n) is 3.62. The van der Waals surface area contributed by atoms with Gasteiger partial charge in [-0.2, -0.15) is 0 Å². The van der Waals surface area contributed by atoms with E-state index in [1.807, 2.05) is 18.2 Å². The van der Waals surface area contributed by atoms with Crippen LogP contribution in [0.15, 0.2) is 41.3 Å². The van der Waals surface area contributed by atoms with E-state index in [1.54, 1.807) is 4.90 Å². The molecule has 32 heavy (non-hydrogen) atoms. The molecule has 0 spiro atoms. The normalized spacial score (nSPS) is 16.2. The van der Waals surface area contributed by atoms with Gasteiger partial charge in [-0.3, -0.25) is 9.69 Å². The second kappa shape index (κ2) is 9.84. The van der Waals surface area contributed by atoms with Crippen LogP contribution in [0.3, 0.4) is 0 Å². The second-order valence-corrected chi connectivity index (χ2v) is 10.2. The SMILES string of the molecule is CN(C)S(=O)(=O)c1ccc(Cl)c(C(=O)N2CCN(Cc3ccc4c(c3)OCO4)CC2)c1.Cl. The molecule has 0 bridgehead atoms. The zero-order chi connectivity index (χ0) is 22.2. The Morgan fingerprint density at radius 2 is 1.72 bits per heavy atom. The number of nitrogens with zero attached hydrogens (tertiary/aromatic N) is 3. The third-order valence-corrected chi connectivity index (χ3v) is 7.59. The summed E-state index contributed by atoms with van der Waals surface area (Å²) in [6, 6.07) is 10.1. The summed E-state index contributed by atoms with van der Waals surface area (Å²) in [5.41, 5.74) is 1.32. The Labute approximate surface area is 199 Å². The molecule has 0 saturated carbocycles. The minimum absolute atomic E-state index is 0. The number of amides is 1. The Hall–Kier alpha value is -2.04. The van der Waals surface area contributed by atoms with E-state index >= 15 is 0 Å². The highest BCUT2D eigenvalue weighted by molar-refractivity contribution is 7.89. The molecular formula is C21H25Cl2N3O5S. The molecule has 2 aliphatic rings. The monoisotopic (exact) mass is 501 g/mol. The molecule has 0 atom stereocenters. The van der Waals surface area contributed by atoms with Gasteiger partial charge in [0.25, 0.3) is 5.91 Å². The lowest BCUT2D eigenvalue weighted by Gasteiger charge is -2.35. The molecule has 1 fully saturated rings. The lowest BCUT2D eigenvalue weighted by molar-refractivity contribution is 0.0628. The van der Waals surface area contributed by atoms with Crippen LogP contribution in [0, 0.1) is 0 Å². The predicted octanol–water partition coefficient (Wildman–Crippen LogP) is 2.70. The molecule has 2 aromatic rings. The molecule has 2 aromatic carbocycles. The van der Waals surface area contributed by atoms with Crippen molar-refractivity contribution in [1.29, 1.82) is 0 Å². The van der Waals surface area contributed by atoms with Gasteiger partial charge >= 0.3 is 0 Å². The lowest BCUT2D eigenvalue weighted by Crippen LogP contribution is -2.48. The fourth-order valence-corrected chi connectivity index (χ4v) is 4.74. The third-order valence-electron chi connectivity index (χ3n) is 5.45. The van der Waals surface area contributed by atoms with Crippen molar-refractivity contribution in [3.63, 3.8) is 0 Å². The Morgan fingerprint density at radius 1 is 1.03 bits per heavy atom. The molecular weight excluding hydrogens is 477 g/mol. The number of hydrogen-bond acceptors (Lipinski definition) is 6. The van der Waals surface area contributed by atoms with Gasteiger partial charge in [-0.15, -0.1) is 12.4 Å². The first kappa shape index (κ1) is 24.6. The van der Waals surface area contributed by atoms with E-state index in [0.717, 1.165) is 27.9 Å². The average molecular weight is 502 g/mol. The van der Waals surface area contributed by atoms with Gasteiger partial charge in [0, 0.05) is 46.8 Å². The van der Waals surface area contributed by atoms with Crippen molar-refractivity contribution < 1.29 is 22.7 Å². The van der Waals surface area contributed by atoms with Gasteiger partial charge in [-0.25, -0.2) is 12.7 Å². The maximum absolute atomic E-state index is 13.0. The predicted molar refractivity (Wildman–Crippen MR) is 123 cm³/mol. The maximum Gasteiger partial charge on any atom is 0.255 e. The molecule has 0 radical (unpaired) electrons. The Balaban J connectivity index is 0.00000289. The summed E-state index contributed by atoms with van der Waals surface area (Å²) in [6.07, 6.45) is 0. The number of hydrogen-bond donors (Lipinski definition) is 0. The average Bonchev–Trinajstić information content (AvgIpc) is 3.22. The van der Waals surface area contributed by atoms with Gasteiger partial charge in [0.05, 0.1) is 15.5 Å². The molecule has 1 amide bonds. The second-order valence-electron chi connectivity index (χ2n) is 7.69. The van der Waals surface area contributed by atoms with E-state index in [-0.39, 0.29) is 40.6 Å². The number of rotatable bonds is 5. The van der Waals surface area contributed by atoms with Gasteiger partial charge in [-0.1, -0.05) is 17.7 Å². The molecule has 8 nitrogen and oxygen atoms in total. The smallest absolute Gasteiger partial charge is 0.255 e. The molecule has 4 rings (SSSR count). The topological polar surface area (TPSA) is 79.4 Å². The van der Waals surface area contributed by atoms with Gasteiger partial charge in [-0.05, 0) is 35.9 Å². The number of halogens is 2. The number of benzene rings is 2. The highest BCUT2D eigenvalue weighted by Gasteiger charge is 2.26. The number of fused-ring (bicyclic) bond motifs is 1. The fraction of sp³-hybridized carbons (Fsp3) is 0.381. The van der Waals surface area contributed by atoms with Crippen molar-refractivity contribution in [3.05, 3.63) is 52.5 Å². The highest BCUT2D eigenvalue weighted by Crippen LogP contribution is 2.33. The quantitative estimate of drug-likeness (QED) is 0.626. The Bertz CT molecular complexity index is 1100. The standard InChI is InChI=1S/C21H24ClN3O5S.ClH/c1-23(2)31(27,28)16-4-5-18(22)17(12-16)21(26)25-9-7-24(8-10-25)13-15-3-6-19-20(11-15)30-14-29-19;/h3-6,11-12H,7-10,13-14H2,1-2H3;1H. The van der Waals surface area contributed by atoms with E-state index < -0.39 is 10.0 Å². The maximum atomic E-state index is 13.0. The number of carbonyl (C=O) groups is 1. The summed E-state index contributed by atoms with van der Waals surface area (Å²) in [5, 5.41) is 0.241. The summed E-state index contributed by atoms with van der Waals surface area (Å²) in [5.74, 6) is 1.26. The zero-order valence-corrected chi connectivity index (χ0v) is 20.2. The van der Waals surface area contributed by atoms with Crippen LogP contribution in [-0.4, -0.2) is 75.5 Å². The molecule has 0 aliphatic carbocycles. The molecule has 174 valence electrons. The van der Waals surface area contributed by atoms with Crippen LogP contribution in [0.2, 0.25) is 5.02 Å². The van der Waals surface area contributed by atoms with Crippen LogP contribution in [0.5, 0.6) is 11.5 Å². The number of sulfonamides is 1. The van der Waals surface area contributed by atoms with Crippen LogP contribution >= 0.6 is 24.0 Å². The molecule has 0 N–H and O–H groups in total. The van der Waals surface area contributed by atoms with E-state index in [2.05, 4.69) is 4.90 Å². The first-order chi connectivity index (χ1) is 14.8. The number of carbonyl (C=O) groups excluding carboxylic acids is 1. The number of piperazine rings is 1. The molecule has 0 unspecified atom stereocenters. The van der Waals surface area contributed by atoms with Crippen molar-refractivity contribution in [3.8, 4) is 11.5 Å². The van der Waals surface area contributed by atoms with Crippen molar-refractivity contribution in [2.45, 2.75) is 11.4 Å². The summed E-state index contributed by atoms with van der Waals surface area (Å²) >= 11 is 6.23. The third kappa shape index (κ3) is 4.97. The van der Waals surface area contributed by atoms with Crippen molar-refractivity contribution in [1.82, 2.24) is 14.1 Å². The van der Waals surface area contributed by atoms with Crippen LogP contribution in [0.1, 0.15) is 15.9 Å². The van der Waals surface area contributed by atoms with Gasteiger partial charge in [0.1, 0.15) is 0 Å². The van der Waals surface area contributed by atoms with Gasteiger partial charge in [0.15, 0.2) is 11.5 Å². The van der Waals surface area contributed by atoms with Gasteiger partial charge in [0.2, 0.25) is 16.8 Å². The first-order valence-electron chi connectivity index (χ1n) is 9.88. The van der Waals surface area contributed by atoms with Crippen molar-refractivity contribution >= 4 is 39.9 Å². The summed E-state index contributed by atoms with van der Waals surface area (Å²) in [7, 11) is -0.753. The highest BCUT2D eigenvalue weighted by atomic mass is 35.5. The van der Waals surface area contributed by atoms with E-state index in [1.165, 1.54) is 32.3 Å². The minimum atomic E-state index is -3.65. The zero-order valence-electron chi connectivity index (χ0n) is 17.8. The summed E-state index contributed by atoms with van der Waals surface area (Å²) in [4.78, 5) is 17.1. The Kier molecular flexibility index (Phi) is 7.57. The molecule has 0 aromatic heterocycles. The van der Waals surface area contributed by atoms with Crippen molar-refractivity contribution in [2.75, 3.05) is 47.1 Å². The van der Waals surface area contributed by atoms with E-state index in [9.17, 15) is 13.2 Å². The molecule has 1 saturated heterocycles. The Morgan fingerprint density at radius 3 is 2.41 bits per heavy atom. The lowest BCUT2D eigenvalue weighted by atomic mass is 10.1. The first-order valence-corrected chi connectivity index (χ1v) is 11.7. The van der Waals surface area contributed by atoms with Crippen LogP contribution < -0.4 is 9.47 Å².